The fourth-order valence-corrected chi connectivity index (χ4v) is 1.07. The molecule has 14 heavy (non-hydrogen) atoms. The first kappa shape index (κ1) is 10.3. The molecule has 0 fully saturated rings. The van der Waals surface area contributed by atoms with Crippen molar-refractivity contribution in [2.75, 3.05) is 6.61 Å². The number of ether oxygens (including phenoxy) is 1. The number of aromatic nitrogens is 1. The molecule has 1 aromatic rings. The number of nitrogens with two attached hydrogens (primary N) is 1. The summed E-state index contributed by atoms with van der Waals surface area (Å²) in [6.07, 6.45) is 0. The summed E-state index contributed by atoms with van der Waals surface area (Å²) >= 11 is 0. The second kappa shape index (κ2) is 4.45. The Morgan fingerprint density at radius 3 is 2.93 bits per heavy atom. The fourth-order valence-electron chi connectivity index (χ4n) is 1.07. The molecule has 0 aliphatic carbocycles. The summed E-state index contributed by atoms with van der Waals surface area (Å²) in [6, 6.07) is 3.35. The lowest BCUT2D eigenvalue weighted by Gasteiger charge is -2.05. The van der Waals surface area contributed by atoms with Gasteiger partial charge >= 0.3 is 0 Å². The molecule has 0 saturated heterocycles. The standard InChI is InChI=1S/C9H13N3O2/c1-3-14-8-5-7(9(10)12-13)4-6(2)11-8/h4-5,13H,3H2,1-2H3,(H2,10,12). The van der Waals surface area contributed by atoms with Crippen LogP contribution in [0, 0.1) is 6.92 Å². The lowest BCUT2D eigenvalue weighted by Crippen LogP contribution is -2.14. The van der Waals surface area contributed by atoms with E-state index in [9.17, 15) is 0 Å². The van der Waals surface area contributed by atoms with E-state index in [-0.39, 0.29) is 5.84 Å². The average molecular weight is 195 g/mol. The summed E-state index contributed by atoms with van der Waals surface area (Å²) in [5, 5.41) is 11.4. The van der Waals surface area contributed by atoms with Gasteiger partial charge in [0.25, 0.3) is 0 Å². The van der Waals surface area contributed by atoms with Crippen LogP contribution < -0.4 is 10.5 Å². The van der Waals surface area contributed by atoms with Gasteiger partial charge in [0.05, 0.1) is 6.61 Å². The molecule has 5 nitrogen and oxygen atoms in total. The molecule has 0 spiro atoms. The van der Waals surface area contributed by atoms with Crippen molar-refractivity contribution in [1.82, 2.24) is 4.98 Å². The van der Waals surface area contributed by atoms with E-state index in [2.05, 4.69) is 10.1 Å². The SMILES string of the molecule is CCOc1cc(/C(N)=N/O)cc(C)n1. The Hall–Kier alpha value is -1.78. The largest absolute Gasteiger partial charge is 0.478 e. The van der Waals surface area contributed by atoms with Gasteiger partial charge in [0.15, 0.2) is 5.84 Å². The van der Waals surface area contributed by atoms with Gasteiger partial charge in [-0.05, 0) is 19.9 Å². The molecule has 0 aliphatic heterocycles. The van der Waals surface area contributed by atoms with E-state index in [0.29, 0.717) is 18.1 Å². The number of aryl methyl sites for hydroxylation is 1. The highest BCUT2D eigenvalue weighted by Gasteiger charge is 2.04. The van der Waals surface area contributed by atoms with E-state index in [1.165, 1.54) is 0 Å². The Labute approximate surface area is 82.2 Å². The molecule has 0 amide bonds. The van der Waals surface area contributed by atoms with Crippen LogP contribution in [-0.2, 0) is 0 Å². The number of hydrogen-bond acceptors (Lipinski definition) is 4. The molecule has 0 aliphatic rings. The Balaban J connectivity index is 3.07. The maximum atomic E-state index is 8.50. The van der Waals surface area contributed by atoms with Crippen LogP contribution in [0.1, 0.15) is 18.2 Å². The fraction of sp³-hybridized carbons (Fsp3) is 0.333. The molecule has 0 bridgehead atoms. The van der Waals surface area contributed by atoms with Gasteiger partial charge in [0.1, 0.15) is 0 Å². The van der Waals surface area contributed by atoms with Crippen molar-refractivity contribution in [3.8, 4) is 5.88 Å². The first-order valence-corrected chi connectivity index (χ1v) is 4.26. The number of pyridine rings is 1. The van der Waals surface area contributed by atoms with Crippen molar-refractivity contribution in [2.45, 2.75) is 13.8 Å². The molecule has 1 aromatic heterocycles. The highest BCUT2D eigenvalue weighted by molar-refractivity contribution is 5.97. The van der Waals surface area contributed by atoms with E-state index in [1.807, 2.05) is 13.8 Å². The van der Waals surface area contributed by atoms with Crippen LogP contribution in [0.15, 0.2) is 17.3 Å². The number of hydrogen-bond donors (Lipinski definition) is 2. The Morgan fingerprint density at radius 1 is 1.64 bits per heavy atom. The Bertz CT molecular complexity index is 350. The van der Waals surface area contributed by atoms with E-state index in [4.69, 9.17) is 15.7 Å². The second-order valence-electron chi connectivity index (χ2n) is 2.75. The monoisotopic (exact) mass is 195 g/mol. The normalized spacial score (nSPS) is 11.4. The van der Waals surface area contributed by atoms with E-state index >= 15 is 0 Å². The highest BCUT2D eigenvalue weighted by Crippen LogP contribution is 2.11. The van der Waals surface area contributed by atoms with Crippen LogP contribution in [0.3, 0.4) is 0 Å². The minimum absolute atomic E-state index is 0.0523. The van der Waals surface area contributed by atoms with Gasteiger partial charge in [-0.2, -0.15) is 0 Å². The van der Waals surface area contributed by atoms with Gasteiger partial charge in [0, 0.05) is 17.3 Å². The smallest absolute Gasteiger partial charge is 0.214 e. The van der Waals surface area contributed by atoms with E-state index < -0.39 is 0 Å². The van der Waals surface area contributed by atoms with Crippen molar-refractivity contribution in [3.63, 3.8) is 0 Å². The molecule has 0 saturated carbocycles. The molecule has 0 atom stereocenters. The molecule has 0 aromatic carbocycles. The molecule has 0 unspecified atom stereocenters. The molecular formula is C9H13N3O2. The van der Waals surface area contributed by atoms with E-state index in [1.54, 1.807) is 12.1 Å². The molecule has 5 heteroatoms. The maximum Gasteiger partial charge on any atom is 0.214 e. The lowest BCUT2D eigenvalue weighted by molar-refractivity contribution is 0.318. The van der Waals surface area contributed by atoms with Crippen LogP contribution in [-0.4, -0.2) is 22.6 Å². The van der Waals surface area contributed by atoms with Crippen molar-refractivity contribution in [1.29, 1.82) is 0 Å². The number of nitrogens with zero attached hydrogens (tertiary/aromatic N) is 2. The van der Waals surface area contributed by atoms with Crippen molar-refractivity contribution >= 4 is 5.84 Å². The first-order valence-electron chi connectivity index (χ1n) is 4.26. The molecule has 0 radical (unpaired) electrons. The van der Waals surface area contributed by atoms with Crippen molar-refractivity contribution in [2.24, 2.45) is 10.9 Å². The van der Waals surface area contributed by atoms with E-state index in [0.717, 1.165) is 5.69 Å². The van der Waals surface area contributed by atoms with Crippen molar-refractivity contribution < 1.29 is 9.94 Å². The van der Waals surface area contributed by atoms with Crippen LogP contribution in [0.4, 0.5) is 0 Å². The zero-order valence-corrected chi connectivity index (χ0v) is 8.19. The molecule has 76 valence electrons. The van der Waals surface area contributed by atoms with Crippen LogP contribution in [0.2, 0.25) is 0 Å². The van der Waals surface area contributed by atoms with Crippen LogP contribution >= 0.6 is 0 Å². The zero-order valence-electron chi connectivity index (χ0n) is 8.19. The summed E-state index contributed by atoms with van der Waals surface area (Å²) in [4.78, 5) is 4.13. The maximum absolute atomic E-state index is 8.50. The minimum atomic E-state index is 0.0523. The Morgan fingerprint density at radius 2 is 2.36 bits per heavy atom. The summed E-state index contributed by atoms with van der Waals surface area (Å²) in [7, 11) is 0. The molecule has 3 N–H and O–H groups in total. The average Bonchev–Trinajstić information content (AvgIpc) is 2.16. The van der Waals surface area contributed by atoms with Crippen LogP contribution in [0.25, 0.3) is 0 Å². The van der Waals surface area contributed by atoms with Crippen molar-refractivity contribution in [3.05, 3.63) is 23.4 Å². The van der Waals surface area contributed by atoms with Gasteiger partial charge in [-0.15, -0.1) is 0 Å². The quantitative estimate of drug-likeness (QED) is 0.325. The third-order valence-electron chi connectivity index (χ3n) is 1.63. The second-order valence-corrected chi connectivity index (χ2v) is 2.75. The predicted molar refractivity (Wildman–Crippen MR) is 52.7 cm³/mol. The summed E-state index contributed by atoms with van der Waals surface area (Å²) in [6.45, 7) is 4.22. The summed E-state index contributed by atoms with van der Waals surface area (Å²) < 4.78 is 5.22. The van der Waals surface area contributed by atoms with Gasteiger partial charge in [-0.1, -0.05) is 5.16 Å². The van der Waals surface area contributed by atoms with Gasteiger partial charge in [0.2, 0.25) is 5.88 Å². The van der Waals surface area contributed by atoms with Gasteiger partial charge < -0.3 is 15.7 Å². The third kappa shape index (κ3) is 2.35. The number of oxime groups is 1. The highest BCUT2D eigenvalue weighted by atomic mass is 16.5. The number of rotatable bonds is 3. The molecular weight excluding hydrogens is 182 g/mol. The first-order chi connectivity index (χ1) is 6.67. The predicted octanol–water partition coefficient (Wildman–Crippen LogP) is 0.883. The summed E-state index contributed by atoms with van der Waals surface area (Å²) in [5.74, 6) is 0.533. The third-order valence-corrected chi connectivity index (χ3v) is 1.63. The lowest BCUT2D eigenvalue weighted by atomic mass is 10.2. The zero-order chi connectivity index (χ0) is 10.6. The summed E-state index contributed by atoms with van der Waals surface area (Å²) in [5.41, 5.74) is 6.81. The topological polar surface area (TPSA) is 80.7 Å². The Kier molecular flexibility index (Phi) is 3.28. The van der Waals surface area contributed by atoms with Crippen LogP contribution in [0.5, 0.6) is 5.88 Å². The molecule has 1 heterocycles. The van der Waals surface area contributed by atoms with Gasteiger partial charge in [-0.3, -0.25) is 0 Å². The number of amidine groups is 1. The molecule has 1 rings (SSSR count). The van der Waals surface area contributed by atoms with Gasteiger partial charge in [-0.25, -0.2) is 4.98 Å². The minimum Gasteiger partial charge on any atom is -0.478 e.